The maximum absolute atomic E-state index is 12.7. The van der Waals surface area contributed by atoms with E-state index in [1.807, 2.05) is 42.5 Å². The molecule has 3 rings (SSSR count). The lowest BCUT2D eigenvalue weighted by Crippen LogP contribution is -2.23. The Hall–Kier alpha value is -4.18. The Morgan fingerprint density at radius 3 is 2.47 bits per heavy atom. The van der Waals surface area contributed by atoms with E-state index in [1.54, 1.807) is 39.2 Å². The first kappa shape index (κ1) is 22.5. The predicted molar refractivity (Wildman–Crippen MR) is 121 cm³/mol. The van der Waals surface area contributed by atoms with Crippen molar-refractivity contribution in [1.82, 2.24) is 9.88 Å². The average Bonchev–Trinajstić information content (AvgIpc) is 2.78. The predicted octanol–water partition coefficient (Wildman–Crippen LogP) is 3.99. The zero-order valence-electron chi connectivity index (χ0n) is 18.3. The van der Waals surface area contributed by atoms with Crippen LogP contribution in [0.5, 0.6) is 5.75 Å². The van der Waals surface area contributed by atoms with Gasteiger partial charge in [0.25, 0.3) is 11.8 Å². The van der Waals surface area contributed by atoms with Crippen molar-refractivity contribution in [2.45, 2.75) is 20.0 Å². The van der Waals surface area contributed by atoms with Crippen LogP contribution in [-0.2, 0) is 13.0 Å². The first-order valence-electron chi connectivity index (χ1n) is 10.1. The Balaban J connectivity index is 1.64. The summed E-state index contributed by atoms with van der Waals surface area (Å²) in [6.07, 6.45) is 0.367. The minimum Gasteiger partial charge on any atom is -0.489 e. The van der Waals surface area contributed by atoms with Gasteiger partial charge in [0.15, 0.2) is 0 Å². The van der Waals surface area contributed by atoms with E-state index in [-0.39, 0.29) is 11.8 Å². The van der Waals surface area contributed by atoms with Crippen LogP contribution in [0, 0.1) is 18.3 Å². The highest BCUT2D eigenvalue weighted by atomic mass is 16.5. The molecule has 2 amide bonds. The molecular weight excluding hydrogens is 404 g/mol. The third-order valence-corrected chi connectivity index (χ3v) is 4.75. The first-order chi connectivity index (χ1) is 15.4. The van der Waals surface area contributed by atoms with Crippen molar-refractivity contribution < 1.29 is 14.3 Å². The van der Waals surface area contributed by atoms with Crippen LogP contribution in [0.1, 0.15) is 37.7 Å². The van der Waals surface area contributed by atoms with Crippen LogP contribution in [0.3, 0.4) is 0 Å². The molecule has 0 aliphatic carbocycles. The number of pyridine rings is 1. The number of hydrogen-bond donors (Lipinski definition) is 1. The molecule has 32 heavy (non-hydrogen) atoms. The number of carbonyl (C=O) groups excluding carboxylic acids is 2. The highest BCUT2D eigenvalue weighted by Gasteiger charge is 2.15. The molecule has 3 aromatic rings. The summed E-state index contributed by atoms with van der Waals surface area (Å²) >= 11 is 0. The summed E-state index contributed by atoms with van der Waals surface area (Å²) < 4.78 is 5.80. The fourth-order valence-electron chi connectivity index (χ4n) is 3.05. The van der Waals surface area contributed by atoms with Crippen LogP contribution in [0.25, 0.3) is 0 Å². The number of nitrogens with one attached hydrogen (secondary N) is 1. The van der Waals surface area contributed by atoms with Gasteiger partial charge in [0.1, 0.15) is 18.1 Å². The van der Waals surface area contributed by atoms with Gasteiger partial charge in [0, 0.05) is 19.8 Å². The number of aromatic nitrogens is 1. The van der Waals surface area contributed by atoms with Crippen LogP contribution in [0.15, 0.2) is 60.7 Å². The molecule has 2 aromatic carbocycles. The summed E-state index contributed by atoms with van der Waals surface area (Å²) in [6, 6.07) is 20.1. The molecule has 0 atom stereocenters. The molecule has 0 fully saturated rings. The smallest absolute Gasteiger partial charge is 0.271 e. The second-order valence-electron chi connectivity index (χ2n) is 7.45. The molecule has 1 N–H and O–H groups in total. The maximum atomic E-state index is 12.7. The van der Waals surface area contributed by atoms with Crippen LogP contribution in [-0.4, -0.2) is 35.8 Å². The molecule has 0 aliphatic heterocycles. The number of amides is 2. The molecular formula is C25H24N4O3. The van der Waals surface area contributed by atoms with Gasteiger partial charge in [-0.2, -0.15) is 5.26 Å². The third-order valence-electron chi connectivity index (χ3n) is 4.75. The van der Waals surface area contributed by atoms with Crippen LogP contribution in [0.4, 0.5) is 5.69 Å². The van der Waals surface area contributed by atoms with Gasteiger partial charge in [0.05, 0.1) is 23.7 Å². The Morgan fingerprint density at radius 1 is 1.06 bits per heavy atom. The van der Waals surface area contributed by atoms with Gasteiger partial charge in [0.2, 0.25) is 0 Å². The van der Waals surface area contributed by atoms with E-state index in [0.717, 1.165) is 11.1 Å². The Labute approximate surface area is 187 Å². The highest BCUT2D eigenvalue weighted by Crippen LogP contribution is 2.18. The van der Waals surface area contributed by atoms with E-state index in [1.165, 1.54) is 4.90 Å². The lowest BCUT2D eigenvalue weighted by atomic mass is 10.1. The van der Waals surface area contributed by atoms with Crippen LogP contribution >= 0.6 is 0 Å². The van der Waals surface area contributed by atoms with Crippen LogP contribution < -0.4 is 10.1 Å². The molecule has 0 radical (unpaired) electrons. The second-order valence-corrected chi connectivity index (χ2v) is 7.45. The molecule has 0 aliphatic rings. The molecule has 0 bridgehead atoms. The lowest BCUT2D eigenvalue weighted by Gasteiger charge is -2.12. The van der Waals surface area contributed by atoms with E-state index in [4.69, 9.17) is 10.00 Å². The quantitative estimate of drug-likeness (QED) is 0.614. The third kappa shape index (κ3) is 5.70. The maximum Gasteiger partial charge on any atom is 0.271 e. The van der Waals surface area contributed by atoms with Crippen molar-refractivity contribution in [1.29, 1.82) is 5.26 Å². The summed E-state index contributed by atoms with van der Waals surface area (Å²) in [5.74, 6) is 0.188. The minimum atomic E-state index is -0.301. The second kappa shape index (κ2) is 10.2. The number of carbonyl (C=O) groups is 2. The Bertz CT molecular complexity index is 1160. The number of nitrogens with zero attached hydrogens (tertiary/aromatic N) is 3. The van der Waals surface area contributed by atoms with Crippen molar-refractivity contribution in [2.75, 3.05) is 19.4 Å². The summed E-state index contributed by atoms with van der Waals surface area (Å²) in [5, 5.41) is 11.6. The Kier molecular flexibility index (Phi) is 7.19. The molecule has 0 unspecified atom stereocenters. The number of ether oxygens (including phenoxy) is 1. The molecule has 0 spiro atoms. The summed E-state index contributed by atoms with van der Waals surface area (Å²) in [4.78, 5) is 30.5. The molecule has 1 aromatic heterocycles. The molecule has 0 saturated carbocycles. The van der Waals surface area contributed by atoms with Crippen molar-refractivity contribution >= 4 is 17.5 Å². The molecule has 1 heterocycles. The number of anilines is 1. The summed E-state index contributed by atoms with van der Waals surface area (Å²) in [7, 11) is 3.31. The van der Waals surface area contributed by atoms with Gasteiger partial charge in [-0.25, -0.2) is 4.98 Å². The van der Waals surface area contributed by atoms with Gasteiger partial charge < -0.3 is 15.0 Å². The number of hydrogen-bond acceptors (Lipinski definition) is 5. The monoisotopic (exact) mass is 428 g/mol. The van der Waals surface area contributed by atoms with Gasteiger partial charge in [-0.15, -0.1) is 0 Å². The largest absolute Gasteiger partial charge is 0.489 e. The average molecular weight is 428 g/mol. The van der Waals surface area contributed by atoms with Crippen molar-refractivity contribution in [3.05, 3.63) is 88.7 Å². The number of aryl methyl sites for hydroxylation is 1. The fourth-order valence-corrected chi connectivity index (χ4v) is 3.05. The van der Waals surface area contributed by atoms with Gasteiger partial charge >= 0.3 is 0 Å². The number of rotatable bonds is 7. The zero-order chi connectivity index (χ0) is 23.1. The minimum absolute atomic E-state index is 0.215. The van der Waals surface area contributed by atoms with Gasteiger partial charge in [-0.3, -0.25) is 9.59 Å². The molecule has 0 saturated heterocycles. The van der Waals surface area contributed by atoms with E-state index in [2.05, 4.69) is 16.4 Å². The normalized spacial score (nSPS) is 10.2. The van der Waals surface area contributed by atoms with E-state index < -0.39 is 0 Å². The summed E-state index contributed by atoms with van der Waals surface area (Å²) in [6.45, 7) is 2.04. The lowest BCUT2D eigenvalue weighted by molar-refractivity contribution is 0.0821. The molecule has 7 nitrogen and oxygen atoms in total. The zero-order valence-corrected chi connectivity index (χ0v) is 18.3. The number of nitriles is 1. The van der Waals surface area contributed by atoms with Crippen LogP contribution in [0.2, 0.25) is 0 Å². The van der Waals surface area contributed by atoms with Crippen molar-refractivity contribution in [3.8, 4) is 11.8 Å². The Morgan fingerprint density at radius 2 is 1.81 bits per heavy atom. The summed E-state index contributed by atoms with van der Waals surface area (Å²) in [5.41, 5.74) is 3.64. The highest BCUT2D eigenvalue weighted by molar-refractivity contribution is 6.05. The molecule has 7 heteroatoms. The van der Waals surface area contributed by atoms with E-state index >= 15 is 0 Å². The van der Waals surface area contributed by atoms with Gasteiger partial charge in [-0.1, -0.05) is 24.3 Å². The van der Waals surface area contributed by atoms with Crippen molar-refractivity contribution in [2.24, 2.45) is 0 Å². The van der Waals surface area contributed by atoms with E-state index in [0.29, 0.717) is 41.4 Å². The first-order valence-corrected chi connectivity index (χ1v) is 10.1. The molecule has 162 valence electrons. The SMILES string of the molecule is Cc1nc(C(=O)N(C)C)ccc1C(=O)Nc1cccc(COc2ccc(CC#N)cc2)c1. The topological polar surface area (TPSA) is 95.3 Å². The van der Waals surface area contributed by atoms with E-state index in [9.17, 15) is 9.59 Å². The number of benzene rings is 2. The van der Waals surface area contributed by atoms with Gasteiger partial charge in [-0.05, 0) is 54.4 Å². The standard InChI is InChI=1S/C25H24N4O3/c1-17-22(11-12-23(27-17)25(31)29(2)3)24(30)28-20-6-4-5-19(15-20)16-32-21-9-7-18(8-10-21)13-14-26/h4-12,15H,13,16H2,1-3H3,(H,28,30). The fraction of sp³-hybridized carbons (Fsp3) is 0.200. The van der Waals surface area contributed by atoms with Crippen molar-refractivity contribution in [3.63, 3.8) is 0 Å².